The lowest BCUT2D eigenvalue weighted by Crippen LogP contribution is -2.47. The van der Waals surface area contributed by atoms with Crippen LogP contribution in [0.4, 0.5) is 0 Å². The van der Waals surface area contributed by atoms with Gasteiger partial charge in [-0.05, 0) is 25.2 Å². The van der Waals surface area contributed by atoms with Crippen LogP contribution >= 0.6 is 11.3 Å². The molecule has 2 heterocycles. The molecule has 136 valence electrons. The van der Waals surface area contributed by atoms with Crippen LogP contribution in [0, 0.1) is 18.3 Å². The summed E-state index contributed by atoms with van der Waals surface area (Å²) in [7, 11) is 3.90. The molecule has 1 aliphatic heterocycles. The van der Waals surface area contributed by atoms with Crippen LogP contribution in [-0.4, -0.2) is 49.2 Å². The smallest absolute Gasteiger partial charge is 0.193 e. The van der Waals surface area contributed by atoms with Gasteiger partial charge in [-0.25, -0.2) is 4.98 Å². The van der Waals surface area contributed by atoms with Crippen molar-refractivity contribution in [1.82, 2.24) is 15.2 Å². The monoisotopic (exact) mass is 352 g/mol. The summed E-state index contributed by atoms with van der Waals surface area (Å²) in [5.41, 5.74) is 1.26. The summed E-state index contributed by atoms with van der Waals surface area (Å²) in [6.45, 7) is 11.4. The van der Waals surface area contributed by atoms with E-state index in [9.17, 15) is 0 Å². The first-order valence-corrected chi connectivity index (χ1v) is 9.63. The second kappa shape index (κ2) is 8.30. The Morgan fingerprint density at radius 3 is 2.83 bits per heavy atom. The van der Waals surface area contributed by atoms with Crippen molar-refractivity contribution in [1.29, 1.82) is 0 Å². The molecule has 24 heavy (non-hydrogen) atoms. The number of aliphatic imine (C=N–C) groups is 1. The van der Waals surface area contributed by atoms with Crippen molar-refractivity contribution in [2.45, 2.75) is 53.2 Å². The molecule has 2 unspecified atom stereocenters. The highest BCUT2D eigenvalue weighted by Gasteiger charge is 2.35. The Morgan fingerprint density at radius 1 is 1.50 bits per heavy atom. The number of thiazole rings is 1. The minimum Gasteiger partial charge on any atom is -0.377 e. The number of guanidine groups is 1. The van der Waals surface area contributed by atoms with Crippen molar-refractivity contribution in [2.75, 3.05) is 27.2 Å². The molecule has 0 saturated carbocycles. The van der Waals surface area contributed by atoms with E-state index < -0.39 is 0 Å². The van der Waals surface area contributed by atoms with Crippen LogP contribution in [0.15, 0.2) is 10.4 Å². The Morgan fingerprint density at radius 2 is 2.25 bits per heavy atom. The lowest BCUT2D eigenvalue weighted by molar-refractivity contribution is -0.0836. The number of rotatable bonds is 4. The van der Waals surface area contributed by atoms with Gasteiger partial charge in [0.15, 0.2) is 5.96 Å². The molecule has 0 spiro atoms. The van der Waals surface area contributed by atoms with Gasteiger partial charge in [-0.2, -0.15) is 0 Å². The SMILES string of the molecule is CN=C(NCC1CCCOC1C(C)(C)C)N(C)Cc1csc(C)n1. The van der Waals surface area contributed by atoms with Gasteiger partial charge in [-0.15, -0.1) is 11.3 Å². The standard InChI is InChI=1S/C18H32N4OS/c1-13-21-15(12-24-13)11-22(6)17(19-5)20-10-14-8-7-9-23-16(14)18(2,3)4/h12,14,16H,7-11H2,1-6H3,(H,19,20). The fraction of sp³-hybridized carbons (Fsp3) is 0.778. The molecule has 1 saturated heterocycles. The molecule has 1 aromatic rings. The average Bonchev–Trinajstić information content (AvgIpc) is 2.92. The van der Waals surface area contributed by atoms with Crippen LogP contribution in [0.5, 0.6) is 0 Å². The van der Waals surface area contributed by atoms with Gasteiger partial charge >= 0.3 is 0 Å². The zero-order valence-corrected chi connectivity index (χ0v) is 16.7. The maximum absolute atomic E-state index is 6.08. The van der Waals surface area contributed by atoms with E-state index in [2.05, 4.69) is 53.4 Å². The lowest BCUT2D eigenvalue weighted by atomic mass is 9.78. The third-order valence-corrected chi connectivity index (χ3v) is 5.28. The molecule has 0 aromatic carbocycles. The predicted molar refractivity (Wildman–Crippen MR) is 102 cm³/mol. The number of nitrogens with zero attached hydrogens (tertiary/aromatic N) is 3. The number of aryl methyl sites for hydroxylation is 1. The average molecular weight is 353 g/mol. The van der Waals surface area contributed by atoms with Crippen LogP contribution < -0.4 is 5.32 Å². The highest BCUT2D eigenvalue weighted by atomic mass is 32.1. The van der Waals surface area contributed by atoms with Crippen molar-refractivity contribution in [3.63, 3.8) is 0 Å². The first-order chi connectivity index (χ1) is 11.3. The van der Waals surface area contributed by atoms with Crippen molar-refractivity contribution in [3.8, 4) is 0 Å². The summed E-state index contributed by atoms with van der Waals surface area (Å²) < 4.78 is 6.08. The second-order valence-electron chi connectivity index (χ2n) is 7.70. The Kier molecular flexibility index (Phi) is 6.63. The molecule has 0 aliphatic carbocycles. The van der Waals surface area contributed by atoms with Gasteiger partial charge in [-0.1, -0.05) is 20.8 Å². The molecule has 1 aliphatic rings. The zero-order chi connectivity index (χ0) is 17.7. The maximum Gasteiger partial charge on any atom is 0.193 e. The van der Waals surface area contributed by atoms with Crippen LogP contribution in [0.1, 0.15) is 44.3 Å². The summed E-state index contributed by atoms with van der Waals surface area (Å²) in [5, 5.41) is 6.76. The minimum absolute atomic E-state index is 0.167. The fourth-order valence-corrected chi connectivity index (χ4v) is 4.02. The zero-order valence-electron chi connectivity index (χ0n) is 15.9. The summed E-state index contributed by atoms with van der Waals surface area (Å²) in [5.74, 6) is 1.43. The molecule has 0 bridgehead atoms. The van der Waals surface area contributed by atoms with Crippen molar-refractivity contribution in [3.05, 3.63) is 16.1 Å². The Balaban J connectivity index is 1.92. The number of ether oxygens (including phenoxy) is 1. The molecule has 1 aromatic heterocycles. The molecule has 0 amide bonds. The molecule has 2 atom stereocenters. The molecule has 2 rings (SSSR count). The van der Waals surface area contributed by atoms with Gasteiger partial charge in [-0.3, -0.25) is 4.99 Å². The van der Waals surface area contributed by atoms with Crippen LogP contribution in [0.25, 0.3) is 0 Å². The van der Waals surface area contributed by atoms with E-state index in [1.54, 1.807) is 11.3 Å². The number of hydrogen-bond acceptors (Lipinski definition) is 4. The van der Waals surface area contributed by atoms with E-state index >= 15 is 0 Å². The molecule has 1 fully saturated rings. The van der Waals surface area contributed by atoms with Crippen molar-refractivity contribution >= 4 is 17.3 Å². The molecule has 5 nitrogen and oxygen atoms in total. The number of aromatic nitrogens is 1. The second-order valence-corrected chi connectivity index (χ2v) is 8.76. The molecular weight excluding hydrogens is 320 g/mol. The summed E-state index contributed by atoms with van der Waals surface area (Å²) in [4.78, 5) is 11.1. The van der Waals surface area contributed by atoms with Gasteiger partial charge in [0.1, 0.15) is 0 Å². The van der Waals surface area contributed by atoms with Gasteiger partial charge in [0.2, 0.25) is 0 Å². The predicted octanol–water partition coefficient (Wildman–Crippen LogP) is 3.30. The van der Waals surface area contributed by atoms with E-state index in [-0.39, 0.29) is 5.41 Å². The minimum atomic E-state index is 0.167. The quantitative estimate of drug-likeness (QED) is 0.667. The summed E-state index contributed by atoms with van der Waals surface area (Å²) >= 11 is 1.69. The Labute approximate surface area is 150 Å². The van der Waals surface area contributed by atoms with E-state index in [1.807, 2.05) is 14.0 Å². The number of nitrogens with one attached hydrogen (secondary N) is 1. The normalized spacial score (nSPS) is 22.5. The third-order valence-electron chi connectivity index (χ3n) is 4.46. The lowest BCUT2D eigenvalue weighted by Gasteiger charge is -2.40. The number of hydrogen-bond donors (Lipinski definition) is 1. The largest absolute Gasteiger partial charge is 0.377 e. The first-order valence-electron chi connectivity index (χ1n) is 8.75. The molecule has 6 heteroatoms. The molecule has 0 radical (unpaired) electrons. The third kappa shape index (κ3) is 5.18. The highest BCUT2D eigenvalue weighted by molar-refractivity contribution is 7.09. The Bertz CT molecular complexity index is 549. The van der Waals surface area contributed by atoms with Crippen molar-refractivity contribution < 1.29 is 4.74 Å². The fourth-order valence-electron chi connectivity index (χ4n) is 3.42. The van der Waals surface area contributed by atoms with Gasteiger partial charge < -0.3 is 15.0 Å². The maximum atomic E-state index is 6.08. The van der Waals surface area contributed by atoms with Crippen LogP contribution in [0.2, 0.25) is 0 Å². The van der Waals surface area contributed by atoms with Crippen molar-refractivity contribution in [2.24, 2.45) is 16.3 Å². The van der Waals surface area contributed by atoms with Gasteiger partial charge in [0.25, 0.3) is 0 Å². The topological polar surface area (TPSA) is 49.8 Å². The van der Waals surface area contributed by atoms with E-state index in [0.29, 0.717) is 12.0 Å². The first kappa shape index (κ1) is 19.2. The Hall–Kier alpha value is -1.14. The molecule has 1 N–H and O–H groups in total. The van der Waals surface area contributed by atoms with Gasteiger partial charge in [0, 0.05) is 38.5 Å². The van der Waals surface area contributed by atoms with Gasteiger partial charge in [0.05, 0.1) is 23.4 Å². The van der Waals surface area contributed by atoms with Crippen LogP contribution in [0.3, 0.4) is 0 Å². The summed E-state index contributed by atoms with van der Waals surface area (Å²) in [6.07, 6.45) is 2.65. The van der Waals surface area contributed by atoms with Crippen LogP contribution in [-0.2, 0) is 11.3 Å². The van der Waals surface area contributed by atoms with E-state index in [4.69, 9.17) is 4.74 Å². The highest BCUT2D eigenvalue weighted by Crippen LogP contribution is 2.33. The van der Waals surface area contributed by atoms with E-state index in [1.165, 1.54) is 6.42 Å². The summed E-state index contributed by atoms with van der Waals surface area (Å²) in [6, 6.07) is 0. The van der Waals surface area contributed by atoms with E-state index in [0.717, 1.165) is 42.8 Å². The molecular formula is C18H32N4OS.